The van der Waals surface area contributed by atoms with Gasteiger partial charge in [0.2, 0.25) is 5.91 Å². The Kier molecular flexibility index (Phi) is 6.87. The first-order valence-corrected chi connectivity index (χ1v) is 7.75. The molecule has 1 atom stereocenters. The first-order valence-electron chi connectivity index (χ1n) is 6.36. The van der Waals surface area contributed by atoms with E-state index in [0.29, 0.717) is 19.5 Å². The van der Waals surface area contributed by atoms with Crippen molar-refractivity contribution in [1.82, 2.24) is 4.90 Å². The Morgan fingerprint density at radius 2 is 2.26 bits per heavy atom. The molecule has 106 valence electrons. The van der Waals surface area contributed by atoms with Crippen LogP contribution in [0.5, 0.6) is 0 Å². The summed E-state index contributed by atoms with van der Waals surface area (Å²) in [5.74, 6) is 0.512. The lowest BCUT2D eigenvalue weighted by atomic mass is 10.1. The second kappa shape index (κ2) is 8.17. The second-order valence-corrected chi connectivity index (χ2v) is 5.36. The monoisotopic (exact) mass is 284 g/mol. The fourth-order valence-corrected chi connectivity index (χ4v) is 2.29. The highest BCUT2D eigenvalue weighted by molar-refractivity contribution is 7.98. The number of benzene rings is 1. The molecule has 5 heteroatoms. The number of halogens is 1. The predicted molar refractivity (Wildman–Crippen MR) is 78.5 cm³/mol. The Morgan fingerprint density at radius 1 is 1.53 bits per heavy atom. The lowest BCUT2D eigenvalue weighted by Crippen LogP contribution is -2.43. The van der Waals surface area contributed by atoms with Gasteiger partial charge in [0.15, 0.2) is 0 Å². The van der Waals surface area contributed by atoms with Gasteiger partial charge in [-0.15, -0.1) is 0 Å². The number of nitrogens with two attached hydrogens (primary N) is 1. The Morgan fingerprint density at radius 3 is 2.84 bits per heavy atom. The van der Waals surface area contributed by atoms with Crippen molar-refractivity contribution >= 4 is 17.7 Å². The molecule has 0 aromatic heterocycles. The maximum Gasteiger partial charge on any atom is 0.239 e. The van der Waals surface area contributed by atoms with Crippen molar-refractivity contribution in [2.24, 2.45) is 5.73 Å². The second-order valence-electron chi connectivity index (χ2n) is 4.37. The first-order chi connectivity index (χ1) is 9.08. The third-order valence-corrected chi connectivity index (χ3v) is 3.55. The fraction of sp³-hybridized carbons (Fsp3) is 0.500. The lowest BCUT2D eigenvalue weighted by Gasteiger charge is -2.24. The van der Waals surface area contributed by atoms with Gasteiger partial charge in [0.25, 0.3) is 0 Å². The lowest BCUT2D eigenvalue weighted by molar-refractivity contribution is -0.133. The molecule has 0 saturated heterocycles. The van der Waals surface area contributed by atoms with Gasteiger partial charge in [-0.25, -0.2) is 4.39 Å². The van der Waals surface area contributed by atoms with E-state index in [9.17, 15) is 9.18 Å². The molecule has 0 aliphatic rings. The van der Waals surface area contributed by atoms with E-state index >= 15 is 0 Å². The van der Waals surface area contributed by atoms with Crippen molar-refractivity contribution in [3.8, 4) is 0 Å². The maximum atomic E-state index is 13.1. The van der Waals surface area contributed by atoms with Crippen LogP contribution in [0.2, 0.25) is 0 Å². The van der Waals surface area contributed by atoms with Crippen LogP contribution in [0.3, 0.4) is 0 Å². The Labute approximate surface area is 118 Å². The molecule has 0 spiro atoms. The summed E-state index contributed by atoms with van der Waals surface area (Å²) in [4.78, 5) is 13.8. The molecule has 0 radical (unpaired) electrons. The molecule has 0 fully saturated rings. The summed E-state index contributed by atoms with van der Waals surface area (Å²) in [6.45, 7) is 2.88. The summed E-state index contributed by atoms with van der Waals surface area (Å²) in [7, 11) is 0. The molecule has 19 heavy (non-hydrogen) atoms. The van der Waals surface area contributed by atoms with Gasteiger partial charge >= 0.3 is 0 Å². The fourth-order valence-electron chi connectivity index (χ4n) is 1.80. The number of carbonyl (C=O) groups excluding carboxylic acids is 1. The zero-order valence-corrected chi connectivity index (χ0v) is 12.3. The molecular formula is C14H21FN2OS. The van der Waals surface area contributed by atoms with E-state index in [0.717, 1.165) is 11.3 Å². The van der Waals surface area contributed by atoms with Crippen LogP contribution in [0.25, 0.3) is 0 Å². The van der Waals surface area contributed by atoms with Crippen molar-refractivity contribution in [3.63, 3.8) is 0 Å². The van der Waals surface area contributed by atoms with Crippen LogP contribution >= 0.6 is 11.8 Å². The number of likely N-dealkylation sites (N-methyl/N-ethyl adjacent to an activating group) is 1. The Bertz CT molecular complexity index is 414. The SMILES string of the molecule is CCN(Cc1cccc(F)c1)C(=O)[C@@H](N)CCSC. The highest BCUT2D eigenvalue weighted by Gasteiger charge is 2.19. The highest BCUT2D eigenvalue weighted by atomic mass is 32.2. The van der Waals surface area contributed by atoms with Gasteiger partial charge in [-0.2, -0.15) is 11.8 Å². The van der Waals surface area contributed by atoms with Crippen LogP contribution in [-0.4, -0.2) is 35.4 Å². The van der Waals surface area contributed by atoms with E-state index in [1.54, 1.807) is 22.7 Å². The molecule has 1 rings (SSSR count). The van der Waals surface area contributed by atoms with E-state index in [1.165, 1.54) is 12.1 Å². The minimum atomic E-state index is -0.471. The van der Waals surface area contributed by atoms with Crippen LogP contribution < -0.4 is 5.73 Å². The van der Waals surface area contributed by atoms with Crippen molar-refractivity contribution in [1.29, 1.82) is 0 Å². The molecule has 1 aromatic carbocycles. The standard InChI is InChI=1S/C14H21FN2OS/c1-3-17(14(18)13(16)7-8-19-2)10-11-5-4-6-12(15)9-11/h4-6,9,13H,3,7-8,10,16H2,1-2H3/t13-/m0/s1. The summed E-state index contributed by atoms with van der Waals surface area (Å²) >= 11 is 1.67. The molecule has 0 aliphatic carbocycles. The molecule has 0 saturated carbocycles. The van der Waals surface area contributed by atoms with E-state index in [2.05, 4.69) is 0 Å². The largest absolute Gasteiger partial charge is 0.337 e. The molecule has 1 amide bonds. The summed E-state index contributed by atoms with van der Waals surface area (Å²) in [5, 5.41) is 0. The van der Waals surface area contributed by atoms with Gasteiger partial charge in [-0.3, -0.25) is 4.79 Å². The van der Waals surface area contributed by atoms with Gasteiger partial charge in [0, 0.05) is 13.1 Å². The van der Waals surface area contributed by atoms with Crippen molar-refractivity contribution < 1.29 is 9.18 Å². The molecule has 0 bridgehead atoms. The minimum absolute atomic E-state index is 0.0687. The summed E-state index contributed by atoms with van der Waals surface area (Å²) in [5.41, 5.74) is 6.67. The van der Waals surface area contributed by atoms with Gasteiger partial charge in [0.05, 0.1) is 6.04 Å². The predicted octanol–water partition coefficient (Wildman–Crippen LogP) is 2.25. The smallest absolute Gasteiger partial charge is 0.239 e. The number of hydrogen-bond donors (Lipinski definition) is 1. The average Bonchev–Trinajstić information content (AvgIpc) is 2.41. The molecule has 3 nitrogen and oxygen atoms in total. The van der Waals surface area contributed by atoms with Crippen molar-refractivity contribution in [2.75, 3.05) is 18.6 Å². The normalized spacial score (nSPS) is 12.2. The molecule has 2 N–H and O–H groups in total. The van der Waals surface area contributed by atoms with E-state index in [4.69, 9.17) is 5.73 Å². The van der Waals surface area contributed by atoms with Crippen LogP contribution in [0.15, 0.2) is 24.3 Å². The van der Waals surface area contributed by atoms with Crippen LogP contribution in [0.1, 0.15) is 18.9 Å². The molecule has 1 aromatic rings. The van der Waals surface area contributed by atoms with Gasteiger partial charge < -0.3 is 10.6 Å². The van der Waals surface area contributed by atoms with Crippen LogP contribution in [0.4, 0.5) is 4.39 Å². The minimum Gasteiger partial charge on any atom is -0.337 e. The Hall–Kier alpha value is -1.07. The van der Waals surface area contributed by atoms with Crippen molar-refractivity contribution in [2.45, 2.75) is 25.9 Å². The first kappa shape index (κ1) is 16.0. The van der Waals surface area contributed by atoms with Gasteiger partial charge in [-0.05, 0) is 43.0 Å². The van der Waals surface area contributed by atoms with E-state index in [1.807, 2.05) is 19.2 Å². The number of nitrogens with zero attached hydrogens (tertiary/aromatic N) is 1. The van der Waals surface area contributed by atoms with Gasteiger partial charge in [-0.1, -0.05) is 12.1 Å². The number of amides is 1. The molecular weight excluding hydrogens is 263 g/mol. The van der Waals surface area contributed by atoms with Crippen LogP contribution in [0, 0.1) is 5.82 Å². The third kappa shape index (κ3) is 5.20. The Balaban J connectivity index is 2.64. The number of rotatable bonds is 7. The quantitative estimate of drug-likeness (QED) is 0.835. The topological polar surface area (TPSA) is 46.3 Å². The van der Waals surface area contributed by atoms with E-state index in [-0.39, 0.29) is 11.7 Å². The molecule has 0 aliphatic heterocycles. The highest BCUT2D eigenvalue weighted by Crippen LogP contribution is 2.09. The number of thioether (sulfide) groups is 1. The molecule has 0 unspecified atom stereocenters. The summed E-state index contributed by atoms with van der Waals surface area (Å²) < 4.78 is 13.1. The maximum absolute atomic E-state index is 13.1. The zero-order valence-electron chi connectivity index (χ0n) is 11.4. The number of hydrogen-bond acceptors (Lipinski definition) is 3. The van der Waals surface area contributed by atoms with Crippen molar-refractivity contribution in [3.05, 3.63) is 35.6 Å². The summed E-state index contributed by atoms with van der Waals surface area (Å²) in [6.07, 6.45) is 2.65. The zero-order chi connectivity index (χ0) is 14.3. The molecule has 0 heterocycles. The average molecular weight is 284 g/mol. The third-order valence-electron chi connectivity index (χ3n) is 2.91. The summed E-state index contributed by atoms with van der Waals surface area (Å²) in [6, 6.07) is 5.83. The number of carbonyl (C=O) groups is 1. The van der Waals surface area contributed by atoms with Crippen LogP contribution in [-0.2, 0) is 11.3 Å². The van der Waals surface area contributed by atoms with Gasteiger partial charge in [0.1, 0.15) is 5.82 Å². The van der Waals surface area contributed by atoms with E-state index < -0.39 is 6.04 Å².